The molecule has 0 atom stereocenters. The molecule has 1 aromatic carbocycles. The Kier molecular flexibility index (Phi) is 4.30. The zero-order valence-electron chi connectivity index (χ0n) is 12.4. The van der Waals surface area contributed by atoms with E-state index in [1.165, 1.54) is 0 Å². The standard InChI is InChI=1S/C16H19ClN2O2S/c1-18-10-2-3-16(18)11-19(15-8-9-15)22(20,21)12-13-4-6-14(17)7-5-13/h2-7,10,15H,8-9,11-12H2,1H3. The number of aromatic nitrogens is 1. The number of benzene rings is 1. The number of hydrogen-bond acceptors (Lipinski definition) is 2. The van der Waals surface area contributed by atoms with Gasteiger partial charge in [-0.25, -0.2) is 8.42 Å². The lowest BCUT2D eigenvalue weighted by Crippen LogP contribution is -2.34. The van der Waals surface area contributed by atoms with Crippen LogP contribution in [0.15, 0.2) is 42.6 Å². The molecule has 2 aromatic rings. The highest BCUT2D eigenvalue weighted by molar-refractivity contribution is 7.88. The smallest absolute Gasteiger partial charge is 0.218 e. The average molecular weight is 339 g/mol. The molecule has 1 fully saturated rings. The molecule has 3 rings (SSSR count). The fraction of sp³-hybridized carbons (Fsp3) is 0.375. The maximum absolute atomic E-state index is 12.8. The first-order valence-corrected chi connectivity index (χ1v) is 9.28. The molecule has 1 saturated carbocycles. The van der Waals surface area contributed by atoms with Gasteiger partial charge in [-0.2, -0.15) is 4.31 Å². The second kappa shape index (κ2) is 6.07. The zero-order valence-corrected chi connectivity index (χ0v) is 14.0. The van der Waals surface area contributed by atoms with Gasteiger partial charge < -0.3 is 4.57 Å². The van der Waals surface area contributed by atoms with Crippen LogP contribution in [0.3, 0.4) is 0 Å². The summed E-state index contributed by atoms with van der Waals surface area (Å²) in [4.78, 5) is 0. The number of nitrogens with zero attached hydrogens (tertiary/aromatic N) is 2. The van der Waals surface area contributed by atoms with E-state index < -0.39 is 10.0 Å². The van der Waals surface area contributed by atoms with Gasteiger partial charge in [0.25, 0.3) is 0 Å². The minimum absolute atomic E-state index is 0.0189. The van der Waals surface area contributed by atoms with Gasteiger partial charge in [0, 0.05) is 30.0 Å². The van der Waals surface area contributed by atoms with Crippen molar-refractivity contribution >= 4 is 21.6 Å². The second-order valence-electron chi connectivity index (χ2n) is 5.77. The molecule has 0 amide bonds. The summed E-state index contributed by atoms with van der Waals surface area (Å²) < 4.78 is 29.2. The first-order chi connectivity index (χ1) is 10.5. The molecule has 0 N–H and O–H groups in total. The number of aryl methyl sites for hydroxylation is 1. The highest BCUT2D eigenvalue weighted by Crippen LogP contribution is 2.32. The van der Waals surface area contributed by atoms with Crippen molar-refractivity contribution in [3.8, 4) is 0 Å². The highest BCUT2D eigenvalue weighted by atomic mass is 35.5. The summed E-state index contributed by atoms with van der Waals surface area (Å²) in [5, 5.41) is 0.615. The van der Waals surface area contributed by atoms with Crippen molar-refractivity contribution in [2.24, 2.45) is 7.05 Å². The molecule has 0 unspecified atom stereocenters. The van der Waals surface area contributed by atoms with Crippen LogP contribution in [0.4, 0.5) is 0 Å². The van der Waals surface area contributed by atoms with Gasteiger partial charge in [-0.05, 0) is 42.7 Å². The van der Waals surface area contributed by atoms with Crippen molar-refractivity contribution in [3.05, 3.63) is 58.9 Å². The van der Waals surface area contributed by atoms with Gasteiger partial charge in [0.15, 0.2) is 0 Å². The molecule has 6 heteroatoms. The maximum atomic E-state index is 12.8. The van der Waals surface area contributed by atoms with Crippen LogP contribution in [-0.2, 0) is 29.4 Å². The van der Waals surface area contributed by atoms with Gasteiger partial charge in [-0.1, -0.05) is 23.7 Å². The van der Waals surface area contributed by atoms with E-state index in [-0.39, 0.29) is 11.8 Å². The minimum atomic E-state index is -3.34. The number of sulfonamides is 1. The van der Waals surface area contributed by atoms with E-state index >= 15 is 0 Å². The zero-order chi connectivity index (χ0) is 15.7. The Balaban J connectivity index is 1.80. The van der Waals surface area contributed by atoms with E-state index in [2.05, 4.69) is 0 Å². The van der Waals surface area contributed by atoms with Crippen LogP contribution in [0.25, 0.3) is 0 Å². The van der Waals surface area contributed by atoms with Crippen LogP contribution in [0.1, 0.15) is 24.1 Å². The molecule has 22 heavy (non-hydrogen) atoms. The second-order valence-corrected chi connectivity index (χ2v) is 8.13. The van der Waals surface area contributed by atoms with Gasteiger partial charge in [0.2, 0.25) is 10.0 Å². The Morgan fingerprint density at radius 2 is 1.91 bits per heavy atom. The van der Waals surface area contributed by atoms with Crippen LogP contribution in [-0.4, -0.2) is 23.3 Å². The Bertz CT molecular complexity index is 749. The van der Waals surface area contributed by atoms with Crippen LogP contribution < -0.4 is 0 Å². The Hall–Kier alpha value is -1.30. The molecule has 1 aliphatic rings. The van der Waals surface area contributed by atoms with E-state index in [0.29, 0.717) is 11.6 Å². The maximum Gasteiger partial charge on any atom is 0.218 e. The SMILES string of the molecule is Cn1cccc1CN(C1CC1)S(=O)(=O)Cc1ccc(Cl)cc1. The topological polar surface area (TPSA) is 42.3 Å². The quantitative estimate of drug-likeness (QED) is 0.811. The lowest BCUT2D eigenvalue weighted by Gasteiger charge is -2.22. The molecule has 4 nitrogen and oxygen atoms in total. The predicted molar refractivity (Wildman–Crippen MR) is 88.1 cm³/mol. The Morgan fingerprint density at radius 1 is 1.23 bits per heavy atom. The van der Waals surface area contributed by atoms with E-state index in [9.17, 15) is 8.42 Å². The summed E-state index contributed by atoms with van der Waals surface area (Å²) in [6.45, 7) is 0.435. The third kappa shape index (κ3) is 3.54. The lowest BCUT2D eigenvalue weighted by atomic mass is 10.2. The summed E-state index contributed by atoms with van der Waals surface area (Å²) in [5.74, 6) is 0.0189. The summed E-state index contributed by atoms with van der Waals surface area (Å²) in [7, 11) is -1.40. The number of rotatable bonds is 6. The fourth-order valence-corrected chi connectivity index (χ4v) is 4.41. The van der Waals surface area contributed by atoms with Crippen molar-refractivity contribution in [1.29, 1.82) is 0 Å². The average Bonchev–Trinajstić information content (AvgIpc) is 3.22. The fourth-order valence-electron chi connectivity index (χ4n) is 2.51. The van der Waals surface area contributed by atoms with Crippen molar-refractivity contribution in [1.82, 2.24) is 8.87 Å². The Morgan fingerprint density at radius 3 is 2.45 bits per heavy atom. The lowest BCUT2D eigenvalue weighted by molar-refractivity contribution is 0.389. The van der Waals surface area contributed by atoms with E-state index in [0.717, 1.165) is 24.1 Å². The monoisotopic (exact) mass is 338 g/mol. The predicted octanol–water partition coefficient (Wildman–Crippen LogP) is 3.17. The third-order valence-electron chi connectivity index (χ3n) is 3.94. The molecular weight excluding hydrogens is 320 g/mol. The normalized spacial score (nSPS) is 15.4. The molecule has 0 spiro atoms. The molecule has 0 radical (unpaired) electrons. The van der Waals surface area contributed by atoms with E-state index in [1.807, 2.05) is 29.9 Å². The van der Waals surface area contributed by atoms with Crippen LogP contribution >= 0.6 is 11.6 Å². The summed E-state index contributed by atoms with van der Waals surface area (Å²) >= 11 is 5.86. The number of halogens is 1. The van der Waals surface area contributed by atoms with E-state index in [4.69, 9.17) is 11.6 Å². The van der Waals surface area contributed by atoms with Gasteiger partial charge in [0.1, 0.15) is 0 Å². The summed E-state index contributed by atoms with van der Waals surface area (Å²) in [6, 6.07) is 11.0. The van der Waals surface area contributed by atoms with Crippen LogP contribution in [0.2, 0.25) is 5.02 Å². The first-order valence-electron chi connectivity index (χ1n) is 7.30. The molecule has 0 aliphatic heterocycles. The third-order valence-corrected chi connectivity index (χ3v) is 6.03. The molecular formula is C16H19ClN2O2S. The van der Waals surface area contributed by atoms with Crippen molar-refractivity contribution in [3.63, 3.8) is 0 Å². The molecule has 0 saturated heterocycles. The first kappa shape index (κ1) is 15.6. The Labute approximate surface area is 136 Å². The van der Waals surface area contributed by atoms with E-state index in [1.54, 1.807) is 28.6 Å². The van der Waals surface area contributed by atoms with Crippen LogP contribution in [0.5, 0.6) is 0 Å². The highest BCUT2D eigenvalue weighted by Gasteiger charge is 2.37. The van der Waals surface area contributed by atoms with Gasteiger partial charge >= 0.3 is 0 Å². The van der Waals surface area contributed by atoms with Gasteiger partial charge in [-0.15, -0.1) is 0 Å². The molecule has 1 aliphatic carbocycles. The number of hydrogen-bond donors (Lipinski definition) is 0. The molecule has 118 valence electrons. The van der Waals surface area contributed by atoms with Crippen molar-refractivity contribution in [2.75, 3.05) is 0 Å². The van der Waals surface area contributed by atoms with Crippen LogP contribution in [0, 0.1) is 0 Å². The molecule has 1 aromatic heterocycles. The molecule has 1 heterocycles. The molecule has 0 bridgehead atoms. The largest absolute Gasteiger partial charge is 0.353 e. The van der Waals surface area contributed by atoms with Crippen molar-refractivity contribution < 1.29 is 8.42 Å². The minimum Gasteiger partial charge on any atom is -0.353 e. The van der Waals surface area contributed by atoms with Gasteiger partial charge in [-0.3, -0.25) is 0 Å². The van der Waals surface area contributed by atoms with Gasteiger partial charge in [0.05, 0.1) is 12.3 Å². The summed E-state index contributed by atoms with van der Waals surface area (Å²) in [5.41, 5.74) is 1.77. The van der Waals surface area contributed by atoms with Crippen molar-refractivity contribution in [2.45, 2.75) is 31.2 Å². The summed E-state index contributed by atoms with van der Waals surface area (Å²) in [6.07, 6.45) is 3.83.